The zero-order valence-corrected chi connectivity index (χ0v) is 10.6. The number of rotatable bonds is 4. The molecule has 1 saturated heterocycles. The first kappa shape index (κ1) is 14.1. The molecular weight excluding hydrogens is 246 g/mol. The SMILES string of the molecule is CC(CC(=O)O)CC(=O)N=S1(=O)CCOCC1. The van der Waals surface area contributed by atoms with Crippen LogP contribution in [0.1, 0.15) is 19.8 Å². The molecule has 1 aliphatic heterocycles. The van der Waals surface area contributed by atoms with E-state index < -0.39 is 21.6 Å². The van der Waals surface area contributed by atoms with Gasteiger partial charge in [0.2, 0.25) is 0 Å². The first-order valence-electron chi connectivity index (χ1n) is 5.46. The number of carboxylic acids is 1. The molecule has 1 aliphatic rings. The zero-order valence-electron chi connectivity index (χ0n) is 9.76. The molecule has 0 bridgehead atoms. The van der Waals surface area contributed by atoms with Crippen LogP contribution in [0, 0.1) is 5.92 Å². The van der Waals surface area contributed by atoms with E-state index in [0.717, 1.165) is 0 Å². The van der Waals surface area contributed by atoms with Crippen molar-refractivity contribution in [1.29, 1.82) is 0 Å². The van der Waals surface area contributed by atoms with Gasteiger partial charge in [0.25, 0.3) is 5.91 Å². The lowest BCUT2D eigenvalue weighted by molar-refractivity contribution is -0.138. The highest BCUT2D eigenvalue weighted by Crippen LogP contribution is 2.11. The summed E-state index contributed by atoms with van der Waals surface area (Å²) in [6.07, 6.45) is -0.0459. The Morgan fingerprint density at radius 2 is 1.94 bits per heavy atom. The normalized spacial score (nSPS) is 20.5. The summed E-state index contributed by atoms with van der Waals surface area (Å²) in [6.45, 7) is 2.39. The summed E-state index contributed by atoms with van der Waals surface area (Å²) in [5.74, 6) is -1.13. The first-order chi connectivity index (χ1) is 7.91. The van der Waals surface area contributed by atoms with Gasteiger partial charge in [0.15, 0.2) is 0 Å². The van der Waals surface area contributed by atoms with Crippen LogP contribution in [0.2, 0.25) is 0 Å². The van der Waals surface area contributed by atoms with Gasteiger partial charge in [-0.2, -0.15) is 4.36 Å². The van der Waals surface area contributed by atoms with Gasteiger partial charge in [-0.25, -0.2) is 4.21 Å². The maximum atomic E-state index is 12.0. The van der Waals surface area contributed by atoms with Gasteiger partial charge < -0.3 is 9.84 Å². The summed E-state index contributed by atoms with van der Waals surface area (Å²) in [5, 5.41) is 8.55. The minimum absolute atomic E-state index is 0.0319. The average Bonchev–Trinajstić information content (AvgIpc) is 2.15. The van der Waals surface area contributed by atoms with E-state index in [4.69, 9.17) is 9.84 Å². The molecule has 1 N–H and O–H groups in total. The van der Waals surface area contributed by atoms with Crippen molar-refractivity contribution in [2.75, 3.05) is 24.7 Å². The Kier molecular flexibility index (Phi) is 5.07. The highest BCUT2D eigenvalue weighted by Gasteiger charge is 2.18. The Hall–Kier alpha value is -0.950. The minimum atomic E-state index is -2.46. The molecule has 7 heteroatoms. The second-order valence-corrected chi connectivity index (χ2v) is 6.73. The molecule has 17 heavy (non-hydrogen) atoms. The minimum Gasteiger partial charge on any atom is -0.481 e. The molecule has 98 valence electrons. The van der Waals surface area contributed by atoms with Crippen LogP contribution in [0.15, 0.2) is 4.36 Å². The Labute approximate surface area is 101 Å². The molecule has 1 unspecified atom stereocenters. The van der Waals surface area contributed by atoms with Gasteiger partial charge in [-0.3, -0.25) is 9.59 Å². The second-order valence-electron chi connectivity index (χ2n) is 4.19. The number of aliphatic carboxylic acids is 1. The average molecular weight is 263 g/mol. The molecule has 1 fully saturated rings. The van der Waals surface area contributed by atoms with Gasteiger partial charge >= 0.3 is 5.97 Å². The Bertz CT molecular complexity index is 399. The predicted molar refractivity (Wildman–Crippen MR) is 62.2 cm³/mol. The lowest BCUT2D eigenvalue weighted by Gasteiger charge is -2.15. The number of nitrogens with zero attached hydrogens (tertiary/aromatic N) is 1. The Morgan fingerprint density at radius 3 is 2.47 bits per heavy atom. The number of carboxylic acid groups (broad SMARTS) is 1. The van der Waals surface area contributed by atoms with Gasteiger partial charge in [0, 0.05) is 12.8 Å². The van der Waals surface area contributed by atoms with Crippen LogP contribution in [0.25, 0.3) is 0 Å². The van der Waals surface area contributed by atoms with E-state index in [9.17, 15) is 13.8 Å². The number of amides is 1. The molecule has 0 aromatic rings. The smallest absolute Gasteiger partial charge is 0.303 e. The molecule has 6 nitrogen and oxygen atoms in total. The fraction of sp³-hybridized carbons (Fsp3) is 0.800. The summed E-state index contributed by atoms with van der Waals surface area (Å²) >= 11 is 0. The third kappa shape index (κ3) is 5.27. The highest BCUT2D eigenvalue weighted by molar-refractivity contribution is 7.93. The molecule has 1 rings (SSSR count). The standard InChI is InChI=1S/C10H17NO5S/c1-8(7-10(13)14)6-9(12)11-17(15)4-2-16-3-5-17/h8H,2-7H2,1H3,(H,13,14). The number of hydrogen-bond acceptors (Lipinski definition) is 4. The molecule has 0 aromatic carbocycles. The highest BCUT2D eigenvalue weighted by atomic mass is 32.2. The van der Waals surface area contributed by atoms with E-state index in [-0.39, 0.29) is 30.3 Å². The van der Waals surface area contributed by atoms with E-state index in [2.05, 4.69) is 4.36 Å². The van der Waals surface area contributed by atoms with E-state index in [1.165, 1.54) is 0 Å². The topological polar surface area (TPSA) is 93.0 Å². The lowest BCUT2D eigenvalue weighted by atomic mass is 10.0. The van der Waals surface area contributed by atoms with Crippen molar-refractivity contribution in [3.63, 3.8) is 0 Å². The first-order valence-corrected chi connectivity index (χ1v) is 7.31. The van der Waals surface area contributed by atoms with Gasteiger partial charge in [-0.05, 0) is 5.92 Å². The van der Waals surface area contributed by atoms with Crippen molar-refractivity contribution >= 4 is 21.6 Å². The third-order valence-electron chi connectivity index (χ3n) is 2.41. The fourth-order valence-corrected chi connectivity index (χ4v) is 3.15. The van der Waals surface area contributed by atoms with Crippen LogP contribution < -0.4 is 0 Å². The quantitative estimate of drug-likeness (QED) is 0.797. The van der Waals surface area contributed by atoms with E-state index in [1.807, 2.05) is 0 Å². The zero-order chi connectivity index (χ0) is 12.9. The summed E-state index contributed by atoms with van der Waals surface area (Å²) < 4.78 is 20.8. The van der Waals surface area contributed by atoms with E-state index in [0.29, 0.717) is 13.2 Å². The number of carbonyl (C=O) groups excluding carboxylic acids is 1. The van der Waals surface area contributed by atoms with Crippen LogP contribution in [0.3, 0.4) is 0 Å². The lowest BCUT2D eigenvalue weighted by Crippen LogP contribution is -2.26. The van der Waals surface area contributed by atoms with Crippen molar-refractivity contribution in [3.05, 3.63) is 0 Å². The number of ether oxygens (including phenoxy) is 1. The van der Waals surface area contributed by atoms with Crippen LogP contribution in [0.5, 0.6) is 0 Å². The summed E-state index contributed by atoms with van der Waals surface area (Å²) in [6, 6.07) is 0. The molecule has 0 spiro atoms. The Balaban J connectivity index is 2.56. The fourth-order valence-electron chi connectivity index (χ4n) is 1.56. The number of carbonyl (C=O) groups is 2. The molecular formula is C10H17NO5S. The van der Waals surface area contributed by atoms with Crippen molar-refractivity contribution in [2.24, 2.45) is 10.3 Å². The molecule has 0 aromatic heterocycles. The van der Waals surface area contributed by atoms with Crippen LogP contribution in [-0.4, -0.2) is 45.9 Å². The molecule has 1 atom stereocenters. The van der Waals surface area contributed by atoms with Crippen LogP contribution in [0.4, 0.5) is 0 Å². The molecule has 0 saturated carbocycles. The monoisotopic (exact) mass is 263 g/mol. The van der Waals surface area contributed by atoms with Gasteiger partial charge in [0.1, 0.15) is 0 Å². The van der Waals surface area contributed by atoms with E-state index in [1.54, 1.807) is 6.92 Å². The van der Waals surface area contributed by atoms with Crippen molar-refractivity contribution < 1.29 is 23.6 Å². The largest absolute Gasteiger partial charge is 0.481 e. The Morgan fingerprint density at radius 1 is 1.35 bits per heavy atom. The molecule has 0 radical (unpaired) electrons. The van der Waals surface area contributed by atoms with Crippen molar-refractivity contribution in [1.82, 2.24) is 0 Å². The van der Waals surface area contributed by atoms with Gasteiger partial charge in [-0.1, -0.05) is 6.92 Å². The van der Waals surface area contributed by atoms with Crippen molar-refractivity contribution in [2.45, 2.75) is 19.8 Å². The van der Waals surface area contributed by atoms with Gasteiger partial charge in [-0.15, -0.1) is 0 Å². The molecule has 1 heterocycles. The second kappa shape index (κ2) is 6.11. The molecule has 0 aliphatic carbocycles. The maximum absolute atomic E-state index is 12.0. The maximum Gasteiger partial charge on any atom is 0.303 e. The van der Waals surface area contributed by atoms with Crippen LogP contribution >= 0.6 is 0 Å². The van der Waals surface area contributed by atoms with Gasteiger partial charge in [0.05, 0.1) is 34.4 Å². The number of hydrogen-bond donors (Lipinski definition) is 1. The van der Waals surface area contributed by atoms with Crippen molar-refractivity contribution in [3.8, 4) is 0 Å². The summed E-state index contributed by atoms with van der Waals surface area (Å²) in [4.78, 5) is 22.0. The van der Waals surface area contributed by atoms with E-state index >= 15 is 0 Å². The summed E-state index contributed by atoms with van der Waals surface area (Å²) in [7, 11) is -2.46. The third-order valence-corrected chi connectivity index (χ3v) is 4.55. The summed E-state index contributed by atoms with van der Waals surface area (Å²) in [5.41, 5.74) is 0. The molecule has 1 amide bonds. The van der Waals surface area contributed by atoms with Crippen LogP contribution in [-0.2, 0) is 24.1 Å². The predicted octanol–water partition coefficient (Wildman–Crippen LogP) is 0.512.